The van der Waals surface area contributed by atoms with Crippen molar-refractivity contribution in [1.82, 2.24) is 42.5 Å². The van der Waals surface area contributed by atoms with Crippen molar-refractivity contribution in [2.24, 2.45) is 28.9 Å². The van der Waals surface area contributed by atoms with Gasteiger partial charge in [-0.2, -0.15) is 0 Å². The minimum atomic E-state index is -1.87. The summed E-state index contributed by atoms with van der Waals surface area (Å²) >= 11 is 0. The van der Waals surface area contributed by atoms with E-state index in [1.165, 1.54) is 0 Å². The highest BCUT2D eigenvalue weighted by Crippen LogP contribution is 2.07. The molecule has 6 atom stereocenters. The number of primary amides is 3. The Kier molecular flexibility index (Phi) is 24.5. The average molecular weight is 875 g/mol. The number of carbonyl (C=O) groups is 13. The topological polar surface area (TPSA) is 483 Å². The largest absolute Gasteiger partial charge is 0.481 e. The van der Waals surface area contributed by atoms with E-state index in [2.05, 4.69) is 31.9 Å². The maximum atomic E-state index is 13.4. The number of amides is 11. The van der Waals surface area contributed by atoms with E-state index >= 15 is 0 Å². The van der Waals surface area contributed by atoms with Crippen molar-refractivity contribution < 1.29 is 77.6 Å². The van der Waals surface area contributed by atoms with Gasteiger partial charge in [0, 0.05) is 12.8 Å². The van der Waals surface area contributed by atoms with Crippen molar-refractivity contribution in [1.29, 1.82) is 0 Å². The first-order valence-corrected chi connectivity index (χ1v) is 18.3. The van der Waals surface area contributed by atoms with Crippen molar-refractivity contribution in [3.63, 3.8) is 0 Å². The minimum absolute atomic E-state index is 0.0800. The summed E-state index contributed by atoms with van der Waals surface area (Å²) in [4.78, 5) is 159. The molecule has 0 aromatic rings. The predicted octanol–water partition coefficient (Wildman–Crippen LogP) is -8.91. The second kappa shape index (κ2) is 27.7. The van der Waals surface area contributed by atoms with Crippen LogP contribution in [0.15, 0.2) is 0 Å². The molecule has 28 heteroatoms. The maximum absolute atomic E-state index is 13.4. The van der Waals surface area contributed by atoms with E-state index in [0.29, 0.717) is 0 Å². The number of aliphatic hydroxyl groups is 1. The number of carboxylic acid groups (broad SMARTS) is 2. The Balaban J connectivity index is 5.85. The van der Waals surface area contributed by atoms with Gasteiger partial charge in [-0.1, -0.05) is 13.8 Å². The first kappa shape index (κ1) is 54.0. The Labute approximate surface area is 347 Å². The van der Waals surface area contributed by atoms with Gasteiger partial charge < -0.3 is 80.8 Å². The van der Waals surface area contributed by atoms with Gasteiger partial charge in [-0.3, -0.25) is 57.5 Å². The summed E-state index contributed by atoms with van der Waals surface area (Å²) in [5.41, 5.74) is 20.8. The number of nitrogens with one attached hydrogen (secondary N) is 8. The fourth-order valence-electron chi connectivity index (χ4n) is 4.94. The number of hydrogen-bond acceptors (Lipinski definition) is 15. The molecule has 0 aliphatic heterocycles. The van der Waals surface area contributed by atoms with E-state index in [4.69, 9.17) is 38.3 Å². The van der Waals surface area contributed by atoms with Crippen LogP contribution in [0.4, 0.5) is 0 Å². The van der Waals surface area contributed by atoms with Crippen LogP contribution in [0.3, 0.4) is 0 Å². The summed E-state index contributed by atoms with van der Waals surface area (Å²) in [5, 5.41) is 44.5. The van der Waals surface area contributed by atoms with Gasteiger partial charge in [0.15, 0.2) is 0 Å². The molecule has 0 rings (SSSR count). The second-order valence-electron chi connectivity index (χ2n) is 13.6. The highest BCUT2D eigenvalue weighted by atomic mass is 16.4. The van der Waals surface area contributed by atoms with E-state index in [9.17, 15) is 62.3 Å². The lowest BCUT2D eigenvalue weighted by Gasteiger charge is -2.24. The Morgan fingerprint density at radius 2 is 0.885 bits per heavy atom. The molecule has 0 saturated carbocycles. The molecule has 0 spiro atoms. The highest BCUT2D eigenvalue weighted by molar-refractivity contribution is 5.98. The monoisotopic (exact) mass is 874 g/mol. The van der Waals surface area contributed by atoms with Crippen LogP contribution in [-0.2, 0) is 62.3 Å². The number of carbonyl (C=O) groups excluding carboxylic acids is 11. The third kappa shape index (κ3) is 23.3. The van der Waals surface area contributed by atoms with E-state index in [1.54, 1.807) is 13.8 Å². The van der Waals surface area contributed by atoms with Crippen LogP contribution < -0.4 is 65.5 Å². The lowest BCUT2D eigenvalue weighted by molar-refractivity contribution is -0.144. The van der Waals surface area contributed by atoms with Crippen molar-refractivity contribution in [3.05, 3.63) is 0 Å². The van der Waals surface area contributed by atoms with E-state index < -0.39 is 159 Å². The molecule has 28 nitrogen and oxygen atoms in total. The molecule has 0 aliphatic carbocycles. The van der Waals surface area contributed by atoms with Crippen molar-refractivity contribution in [2.75, 3.05) is 26.2 Å². The van der Waals surface area contributed by atoms with Gasteiger partial charge in [-0.05, 0) is 25.2 Å². The highest BCUT2D eigenvalue weighted by Gasteiger charge is 2.32. The molecule has 0 unspecified atom stereocenters. The van der Waals surface area contributed by atoms with E-state index in [1.807, 2.05) is 10.6 Å². The molecule has 0 saturated heterocycles. The molecule has 11 amide bonds. The number of nitrogens with two attached hydrogens (primary N) is 4. The lowest BCUT2D eigenvalue weighted by atomic mass is 10.0. The first-order valence-electron chi connectivity index (χ1n) is 18.3. The summed E-state index contributed by atoms with van der Waals surface area (Å²) in [7, 11) is 0. The predicted molar refractivity (Wildman–Crippen MR) is 204 cm³/mol. The van der Waals surface area contributed by atoms with Crippen LogP contribution >= 0.6 is 0 Å². The van der Waals surface area contributed by atoms with E-state index in [0.717, 1.165) is 0 Å². The van der Waals surface area contributed by atoms with Gasteiger partial charge in [0.05, 0.1) is 39.1 Å². The third-order valence-electron chi connectivity index (χ3n) is 7.90. The fourth-order valence-corrected chi connectivity index (χ4v) is 4.94. The standard InChI is InChI=1S/C33H54N12O16/c1-14(2)7-17(41-25(51)11-38-28(55)15(3-5-21(35)47)43-30(57)16(4-6-22(36)48)40-24(50)10-34)31(58)44-18(8-23(37)49)29(56)39-12-26(52)42-19(9-27(53)54)32(59)45-20(13-46)33(60)61/h14-20,46H,3-13,34H2,1-2H3,(H2,35,47)(H2,36,48)(H2,37,49)(H,38,55)(H,39,56)(H,40,50)(H,41,51)(H,42,52)(H,43,57)(H,44,58)(H,45,59)(H,53,54)(H,60,61)/t15-,16-,17-,18-,19-,20-/m0/s1. The van der Waals surface area contributed by atoms with Crippen LogP contribution in [0.2, 0.25) is 0 Å². The van der Waals surface area contributed by atoms with Crippen molar-refractivity contribution >= 4 is 76.9 Å². The van der Waals surface area contributed by atoms with Gasteiger partial charge in [0.2, 0.25) is 65.0 Å². The minimum Gasteiger partial charge on any atom is -0.481 e. The molecule has 19 N–H and O–H groups in total. The Bertz CT molecular complexity index is 1660. The number of hydrogen-bond donors (Lipinski definition) is 15. The summed E-state index contributed by atoms with van der Waals surface area (Å²) in [5.74, 6) is -14.8. The molecule has 0 aliphatic rings. The zero-order chi connectivity index (χ0) is 47.0. The van der Waals surface area contributed by atoms with Crippen LogP contribution in [-0.4, -0.2) is 155 Å². The van der Waals surface area contributed by atoms with Crippen molar-refractivity contribution in [3.8, 4) is 0 Å². The van der Waals surface area contributed by atoms with Gasteiger partial charge in [-0.15, -0.1) is 0 Å². The molecule has 0 radical (unpaired) electrons. The number of aliphatic hydroxyl groups excluding tert-OH is 1. The first-order chi connectivity index (χ1) is 28.4. The molecule has 0 fully saturated rings. The number of rotatable bonds is 30. The molecular weight excluding hydrogens is 820 g/mol. The number of carboxylic acids is 2. The fraction of sp³-hybridized carbons (Fsp3) is 0.606. The summed E-state index contributed by atoms with van der Waals surface area (Å²) in [6, 6.07) is -9.80. The summed E-state index contributed by atoms with van der Waals surface area (Å²) < 4.78 is 0. The van der Waals surface area contributed by atoms with Gasteiger partial charge >= 0.3 is 11.9 Å². The van der Waals surface area contributed by atoms with Crippen LogP contribution in [0, 0.1) is 5.92 Å². The van der Waals surface area contributed by atoms with Gasteiger partial charge in [0.1, 0.15) is 36.3 Å². The van der Waals surface area contributed by atoms with Gasteiger partial charge in [0.25, 0.3) is 0 Å². The Morgan fingerprint density at radius 1 is 0.492 bits per heavy atom. The van der Waals surface area contributed by atoms with Crippen LogP contribution in [0.25, 0.3) is 0 Å². The van der Waals surface area contributed by atoms with Crippen molar-refractivity contribution in [2.45, 2.75) is 95.0 Å². The maximum Gasteiger partial charge on any atom is 0.328 e. The molecule has 0 bridgehead atoms. The molecular formula is C33H54N12O16. The van der Waals surface area contributed by atoms with Gasteiger partial charge in [-0.25, -0.2) is 4.79 Å². The summed E-state index contributed by atoms with van der Waals surface area (Å²) in [6.45, 7) is -0.0792. The lowest BCUT2D eigenvalue weighted by Crippen LogP contribution is -2.58. The average Bonchev–Trinajstić information content (AvgIpc) is 3.16. The summed E-state index contributed by atoms with van der Waals surface area (Å²) in [6.07, 6.45) is -3.38. The Hall–Kier alpha value is -6.97. The normalized spacial score (nSPS) is 13.6. The second-order valence-corrected chi connectivity index (χ2v) is 13.6. The third-order valence-corrected chi connectivity index (χ3v) is 7.90. The smallest absolute Gasteiger partial charge is 0.328 e. The Morgan fingerprint density at radius 3 is 1.31 bits per heavy atom. The van der Waals surface area contributed by atoms with Crippen LogP contribution in [0.1, 0.15) is 58.8 Å². The molecule has 342 valence electrons. The zero-order valence-electron chi connectivity index (χ0n) is 33.3. The SMILES string of the molecule is CC(C)C[C@H](NC(=O)CNC(=O)[C@H](CCC(N)=O)NC(=O)[C@H](CCC(N)=O)NC(=O)CN)C(=O)N[C@@H](CC(N)=O)C(=O)NCC(=O)N[C@@H](CC(=O)O)C(=O)N[C@@H](CO)C(=O)O. The quantitative estimate of drug-likeness (QED) is 0.0319. The van der Waals surface area contributed by atoms with E-state index in [-0.39, 0.29) is 31.6 Å². The zero-order valence-corrected chi connectivity index (χ0v) is 33.3. The van der Waals surface area contributed by atoms with Crippen LogP contribution in [0.5, 0.6) is 0 Å². The molecule has 0 aromatic carbocycles. The molecule has 0 heterocycles. The molecule has 0 aromatic heterocycles. The molecule has 61 heavy (non-hydrogen) atoms. The number of aliphatic carboxylic acids is 2.